The average Bonchev–Trinajstić information content (AvgIpc) is 3.10. The number of hydrogen-bond acceptors (Lipinski definition) is 0. The maximum Gasteiger partial charge on any atom is 0.166 e. The minimum absolute atomic E-state index is 0.101. The normalized spacial score (nSPS) is 13.8. The highest BCUT2D eigenvalue weighted by Crippen LogP contribution is 2.53. The molecule has 0 atom stereocenters. The standard InChI is InChI=1S/C32H33S/c1-6-32(7-2)30-19-12-24(5)20-29(30)28-18-17-27(21-31(28)32)33(25-13-8-22(3)9-14-25)26-15-10-23(4)11-16-26/h8-21H,6-7H2,1-5H3/q+1. The fraction of sp³-hybridized carbons (Fsp3) is 0.250. The SMILES string of the molecule is CCC1(CC)c2ccc(C)cc2-c2ccc([S+](c3ccc(C)cc3)c3ccc(C)cc3)cc21. The van der Waals surface area contributed by atoms with Crippen molar-refractivity contribution in [1.29, 1.82) is 0 Å². The van der Waals surface area contributed by atoms with Gasteiger partial charge in [0.15, 0.2) is 14.7 Å². The highest BCUT2D eigenvalue weighted by molar-refractivity contribution is 7.97. The molecule has 0 nitrogen and oxygen atoms in total. The van der Waals surface area contributed by atoms with Crippen LogP contribution in [0.1, 0.15) is 54.5 Å². The van der Waals surface area contributed by atoms with Crippen LogP contribution in [0.5, 0.6) is 0 Å². The van der Waals surface area contributed by atoms with Crippen LogP contribution in [0.25, 0.3) is 11.1 Å². The third-order valence-corrected chi connectivity index (χ3v) is 9.66. The van der Waals surface area contributed by atoms with Crippen LogP contribution in [-0.4, -0.2) is 0 Å². The molecular formula is C32H33S+. The molecule has 0 aromatic heterocycles. The van der Waals surface area contributed by atoms with Crippen LogP contribution < -0.4 is 0 Å². The minimum atomic E-state index is -0.130. The summed E-state index contributed by atoms with van der Waals surface area (Å²) >= 11 is 0. The lowest BCUT2D eigenvalue weighted by Crippen LogP contribution is -2.23. The summed E-state index contributed by atoms with van der Waals surface area (Å²) in [6, 6.07) is 32.6. The Bertz CT molecular complexity index is 1250. The summed E-state index contributed by atoms with van der Waals surface area (Å²) in [5.74, 6) is 0. The molecule has 1 aliphatic rings. The topological polar surface area (TPSA) is 0 Å². The van der Waals surface area contributed by atoms with Crippen molar-refractivity contribution >= 4 is 10.9 Å². The first-order valence-electron chi connectivity index (χ1n) is 12.1. The number of hydrogen-bond donors (Lipinski definition) is 0. The first kappa shape index (κ1) is 22.0. The van der Waals surface area contributed by atoms with Crippen molar-refractivity contribution in [3.8, 4) is 11.1 Å². The monoisotopic (exact) mass is 449 g/mol. The van der Waals surface area contributed by atoms with Gasteiger partial charge in [-0.05, 0) is 98.3 Å². The van der Waals surface area contributed by atoms with Crippen LogP contribution in [0, 0.1) is 20.8 Å². The molecule has 0 fully saturated rings. The van der Waals surface area contributed by atoms with Gasteiger partial charge in [0, 0.05) is 5.41 Å². The summed E-state index contributed by atoms with van der Waals surface area (Å²) in [4.78, 5) is 4.18. The van der Waals surface area contributed by atoms with E-state index in [-0.39, 0.29) is 16.3 Å². The molecule has 33 heavy (non-hydrogen) atoms. The van der Waals surface area contributed by atoms with Crippen LogP contribution in [0.15, 0.2) is 99.6 Å². The molecule has 4 aromatic carbocycles. The van der Waals surface area contributed by atoms with Crippen molar-refractivity contribution in [3.63, 3.8) is 0 Å². The van der Waals surface area contributed by atoms with Crippen molar-refractivity contribution in [2.24, 2.45) is 0 Å². The van der Waals surface area contributed by atoms with Crippen molar-refractivity contribution in [3.05, 3.63) is 113 Å². The van der Waals surface area contributed by atoms with E-state index in [0.29, 0.717) is 0 Å². The Balaban J connectivity index is 1.72. The van der Waals surface area contributed by atoms with Crippen molar-refractivity contribution in [1.82, 2.24) is 0 Å². The molecule has 1 heteroatoms. The molecule has 0 N–H and O–H groups in total. The first-order chi connectivity index (χ1) is 16.0. The van der Waals surface area contributed by atoms with E-state index in [1.807, 2.05) is 0 Å². The molecule has 0 saturated heterocycles. The molecule has 0 aliphatic heterocycles. The second-order valence-corrected chi connectivity index (χ2v) is 11.5. The fourth-order valence-electron chi connectivity index (χ4n) is 5.49. The summed E-state index contributed by atoms with van der Waals surface area (Å²) in [6.07, 6.45) is 2.25. The summed E-state index contributed by atoms with van der Waals surface area (Å²) in [5.41, 5.74) is 9.94. The summed E-state index contributed by atoms with van der Waals surface area (Å²) in [7, 11) is -0.130. The lowest BCUT2D eigenvalue weighted by atomic mass is 9.74. The molecule has 0 bridgehead atoms. The third kappa shape index (κ3) is 3.63. The zero-order chi connectivity index (χ0) is 23.2. The van der Waals surface area contributed by atoms with Crippen LogP contribution in [0.2, 0.25) is 0 Å². The third-order valence-electron chi connectivity index (χ3n) is 7.44. The van der Waals surface area contributed by atoms with E-state index in [0.717, 1.165) is 12.8 Å². The second-order valence-electron chi connectivity index (χ2n) is 9.48. The molecule has 4 aromatic rings. The lowest BCUT2D eigenvalue weighted by Gasteiger charge is -2.29. The molecule has 0 spiro atoms. The molecule has 0 amide bonds. The predicted octanol–water partition coefficient (Wildman–Crippen LogP) is 8.79. The molecule has 5 rings (SSSR count). The van der Waals surface area contributed by atoms with Crippen LogP contribution >= 0.6 is 0 Å². The predicted molar refractivity (Wildman–Crippen MR) is 142 cm³/mol. The van der Waals surface area contributed by atoms with Gasteiger partial charge in [-0.3, -0.25) is 0 Å². The number of rotatable bonds is 5. The largest absolute Gasteiger partial charge is 0.166 e. The van der Waals surface area contributed by atoms with Gasteiger partial charge in [0.25, 0.3) is 0 Å². The fourth-order valence-corrected chi connectivity index (χ4v) is 7.57. The summed E-state index contributed by atoms with van der Waals surface area (Å²) in [5, 5.41) is 0. The highest BCUT2D eigenvalue weighted by Gasteiger charge is 2.42. The van der Waals surface area contributed by atoms with Gasteiger partial charge in [-0.25, -0.2) is 0 Å². The molecule has 0 heterocycles. The number of fused-ring (bicyclic) bond motifs is 3. The lowest BCUT2D eigenvalue weighted by molar-refractivity contribution is 0.489. The first-order valence-corrected chi connectivity index (χ1v) is 13.3. The molecule has 0 radical (unpaired) electrons. The van der Waals surface area contributed by atoms with Gasteiger partial charge < -0.3 is 0 Å². The quantitative estimate of drug-likeness (QED) is 0.267. The van der Waals surface area contributed by atoms with E-state index in [1.165, 1.54) is 53.6 Å². The van der Waals surface area contributed by atoms with Gasteiger partial charge in [0.2, 0.25) is 0 Å². The average molecular weight is 450 g/mol. The van der Waals surface area contributed by atoms with Crippen molar-refractivity contribution in [2.75, 3.05) is 0 Å². The van der Waals surface area contributed by atoms with E-state index < -0.39 is 0 Å². The van der Waals surface area contributed by atoms with Crippen LogP contribution in [0.4, 0.5) is 0 Å². The van der Waals surface area contributed by atoms with E-state index in [2.05, 4.69) is 120 Å². The Hall–Kier alpha value is -2.77. The van der Waals surface area contributed by atoms with Gasteiger partial charge in [0.1, 0.15) is 0 Å². The molecule has 0 saturated carbocycles. The van der Waals surface area contributed by atoms with Crippen molar-refractivity contribution < 1.29 is 0 Å². The maximum absolute atomic E-state index is 2.54. The molecule has 166 valence electrons. The Morgan fingerprint density at radius 3 is 1.58 bits per heavy atom. The molecule has 1 aliphatic carbocycles. The van der Waals surface area contributed by atoms with E-state index >= 15 is 0 Å². The number of aryl methyl sites for hydroxylation is 3. The van der Waals surface area contributed by atoms with Gasteiger partial charge in [-0.1, -0.05) is 73.0 Å². The van der Waals surface area contributed by atoms with Gasteiger partial charge in [0.05, 0.1) is 10.9 Å². The second kappa shape index (κ2) is 8.54. The zero-order valence-electron chi connectivity index (χ0n) is 20.4. The summed E-state index contributed by atoms with van der Waals surface area (Å²) < 4.78 is 0. The van der Waals surface area contributed by atoms with E-state index in [4.69, 9.17) is 0 Å². The Morgan fingerprint density at radius 2 is 1.03 bits per heavy atom. The van der Waals surface area contributed by atoms with E-state index in [1.54, 1.807) is 0 Å². The Morgan fingerprint density at radius 1 is 0.515 bits per heavy atom. The van der Waals surface area contributed by atoms with Gasteiger partial charge in [-0.2, -0.15) is 0 Å². The number of benzene rings is 4. The Labute approximate surface area is 202 Å². The maximum atomic E-state index is 2.54. The van der Waals surface area contributed by atoms with E-state index in [9.17, 15) is 0 Å². The smallest absolute Gasteiger partial charge is 0.0642 e. The summed E-state index contributed by atoms with van der Waals surface area (Å²) in [6.45, 7) is 11.3. The van der Waals surface area contributed by atoms with Crippen LogP contribution in [-0.2, 0) is 16.3 Å². The highest BCUT2D eigenvalue weighted by atomic mass is 32.2. The minimum Gasteiger partial charge on any atom is -0.0642 e. The molecule has 0 unspecified atom stereocenters. The van der Waals surface area contributed by atoms with Gasteiger partial charge >= 0.3 is 0 Å². The zero-order valence-corrected chi connectivity index (χ0v) is 21.2. The van der Waals surface area contributed by atoms with Crippen molar-refractivity contribution in [2.45, 2.75) is 67.6 Å². The molecular weight excluding hydrogens is 416 g/mol. The van der Waals surface area contributed by atoms with Crippen LogP contribution in [0.3, 0.4) is 0 Å². The Kier molecular flexibility index (Phi) is 5.70. The van der Waals surface area contributed by atoms with Gasteiger partial charge in [-0.15, -0.1) is 0 Å².